The summed E-state index contributed by atoms with van der Waals surface area (Å²) < 4.78 is 0. The van der Waals surface area contributed by atoms with Gasteiger partial charge in [0.05, 0.1) is 0 Å². The predicted octanol–water partition coefficient (Wildman–Crippen LogP) is 2.09. The van der Waals surface area contributed by atoms with E-state index in [1.165, 1.54) is 6.08 Å². The van der Waals surface area contributed by atoms with Gasteiger partial charge in [-0.2, -0.15) is 0 Å². The summed E-state index contributed by atoms with van der Waals surface area (Å²) in [7, 11) is 0. The van der Waals surface area contributed by atoms with E-state index in [0.717, 1.165) is 24.0 Å². The largest absolute Gasteiger partial charge is 0.478 e. The van der Waals surface area contributed by atoms with Crippen LogP contribution in [0.2, 0.25) is 0 Å². The molecule has 0 saturated heterocycles. The lowest BCUT2D eigenvalue weighted by atomic mass is 9.92. The van der Waals surface area contributed by atoms with Crippen LogP contribution in [0.3, 0.4) is 0 Å². The van der Waals surface area contributed by atoms with E-state index in [9.17, 15) is 9.59 Å². The average molecular weight is 194 g/mol. The first-order valence-corrected chi connectivity index (χ1v) is 4.67. The van der Waals surface area contributed by atoms with Gasteiger partial charge in [0.2, 0.25) is 0 Å². The summed E-state index contributed by atoms with van der Waals surface area (Å²) in [5, 5.41) is 8.53. The predicted molar refractivity (Wildman–Crippen MR) is 53.0 cm³/mol. The van der Waals surface area contributed by atoms with Gasteiger partial charge in [0.25, 0.3) is 0 Å². The zero-order chi connectivity index (χ0) is 10.6. The molecule has 0 fully saturated rings. The molecule has 0 amide bonds. The Kier molecular flexibility index (Phi) is 3.63. The molecule has 0 aromatic rings. The molecular weight excluding hydrogens is 180 g/mol. The second-order valence-electron chi connectivity index (χ2n) is 3.59. The zero-order valence-electron chi connectivity index (χ0n) is 8.25. The van der Waals surface area contributed by atoms with E-state index >= 15 is 0 Å². The number of carbonyl (C=O) groups is 2. The van der Waals surface area contributed by atoms with Gasteiger partial charge < -0.3 is 5.11 Å². The van der Waals surface area contributed by atoms with Gasteiger partial charge in [-0.3, -0.25) is 4.79 Å². The maximum atomic E-state index is 10.8. The minimum absolute atomic E-state index is 0.168. The van der Waals surface area contributed by atoms with Crippen LogP contribution in [0.25, 0.3) is 0 Å². The van der Waals surface area contributed by atoms with Crippen molar-refractivity contribution in [2.24, 2.45) is 0 Å². The van der Waals surface area contributed by atoms with Crippen molar-refractivity contribution in [1.29, 1.82) is 0 Å². The van der Waals surface area contributed by atoms with Crippen LogP contribution in [0.15, 0.2) is 23.3 Å². The second kappa shape index (κ2) is 4.74. The Labute approximate surface area is 83.1 Å². The van der Waals surface area contributed by atoms with E-state index in [1.807, 2.05) is 6.08 Å². The Bertz CT molecular complexity index is 310. The Morgan fingerprint density at radius 2 is 2.21 bits per heavy atom. The molecule has 76 valence electrons. The van der Waals surface area contributed by atoms with E-state index in [2.05, 4.69) is 0 Å². The second-order valence-corrected chi connectivity index (χ2v) is 3.59. The highest BCUT2D eigenvalue weighted by Gasteiger charge is 2.10. The Hall–Kier alpha value is -1.38. The number of rotatable bonds is 3. The standard InChI is InChI=1S/C11H14O3/c1-8(12)6-9-2-4-10(5-3-9)7-11(13)14/h2,7H,3-6H2,1H3,(H,13,14). The Morgan fingerprint density at radius 3 is 2.64 bits per heavy atom. The van der Waals surface area contributed by atoms with Gasteiger partial charge in [-0.25, -0.2) is 4.79 Å². The number of carbonyl (C=O) groups excluding carboxylic acids is 1. The molecule has 14 heavy (non-hydrogen) atoms. The molecule has 0 unspecified atom stereocenters. The molecule has 3 heteroatoms. The van der Waals surface area contributed by atoms with Crippen LogP contribution in [0.5, 0.6) is 0 Å². The van der Waals surface area contributed by atoms with Crippen LogP contribution in [0.4, 0.5) is 0 Å². The van der Waals surface area contributed by atoms with Crippen LogP contribution in [-0.2, 0) is 9.59 Å². The molecular formula is C11H14O3. The molecule has 0 aromatic carbocycles. The van der Waals surface area contributed by atoms with E-state index in [0.29, 0.717) is 12.8 Å². The molecule has 1 N–H and O–H groups in total. The number of Topliss-reactive ketones (excluding diaryl/α,β-unsaturated/α-hetero) is 1. The van der Waals surface area contributed by atoms with Crippen LogP contribution < -0.4 is 0 Å². The van der Waals surface area contributed by atoms with Crippen molar-refractivity contribution in [3.8, 4) is 0 Å². The normalized spacial score (nSPS) is 19.2. The number of hydrogen-bond acceptors (Lipinski definition) is 2. The van der Waals surface area contributed by atoms with Crippen molar-refractivity contribution in [3.05, 3.63) is 23.3 Å². The Balaban J connectivity index is 2.55. The zero-order valence-corrected chi connectivity index (χ0v) is 8.25. The van der Waals surface area contributed by atoms with Crippen molar-refractivity contribution >= 4 is 11.8 Å². The number of hydrogen-bond donors (Lipinski definition) is 1. The highest BCUT2D eigenvalue weighted by molar-refractivity contribution is 5.81. The number of allylic oxidation sites excluding steroid dienone is 3. The highest BCUT2D eigenvalue weighted by Crippen LogP contribution is 2.24. The fourth-order valence-electron chi connectivity index (χ4n) is 1.59. The minimum Gasteiger partial charge on any atom is -0.478 e. The fraction of sp³-hybridized carbons (Fsp3) is 0.455. The van der Waals surface area contributed by atoms with Crippen molar-refractivity contribution in [2.75, 3.05) is 0 Å². The van der Waals surface area contributed by atoms with Crippen molar-refractivity contribution in [1.82, 2.24) is 0 Å². The highest BCUT2D eigenvalue weighted by atomic mass is 16.4. The average Bonchev–Trinajstić information content (AvgIpc) is 2.06. The molecule has 0 aromatic heterocycles. The quantitative estimate of drug-likeness (QED) is 0.552. The molecule has 0 spiro atoms. The van der Waals surface area contributed by atoms with Crippen molar-refractivity contribution in [3.63, 3.8) is 0 Å². The van der Waals surface area contributed by atoms with Crippen molar-refractivity contribution in [2.45, 2.75) is 32.6 Å². The first-order chi connectivity index (χ1) is 6.58. The maximum Gasteiger partial charge on any atom is 0.328 e. The van der Waals surface area contributed by atoms with Crippen LogP contribution in [0.1, 0.15) is 32.6 Å². The molecule has 0 heterocycles. The topological polar surface area (TPSA) is 54.4 Å². The van der Waals surface area contributed by atoms with Crippen LogP contribution >= 0.6 is 0 Å². The SMILES string of the molecule is CC(=O)CC1=CCC(=CC(=O)O)CC1. The van der Waals surface area contributed by atoms with Gasteiger partial charge in [0, 0.05) is 12.5 Å². The third-order valence-corrected chi connectivity index (χ3v) is 2.22. The molecule has 1 aliphatic rings. The lowest BCUT2D eigenvalue weighted by Gasteiger charge is -2.13. The fourth-order valence-corrected chi connectivity index (χ4v) is 1.59. The summed E-state index contributed by atoms with van der Waals surface area (Å²) in [6, 6.07) is 0. The monoisotopic (exact) mass is 194 g/mol. The first kappa shape index (κ1) is 10.7. The van der Waals surface area contributed by atoms with Crippen LogP contribution in [0, 0.1) is 0 Å². The van der Waals surface area contributed by atoms with Gasteiger partial charge >= 0.3 is 5.97 Å². The lowest BCUT2D eigenvalue weighted by Crippen LogP contribution is -2.01. The lowest BCUT2D eigenvalue weighted by molar-refractivity contribution is -0.131. The van der Waals surface area contributed by atoms with E-state index in [1.54, 1.807) is 6.92 Å². The first-order valence-electron chi connectivity index (χ1n) is 4.67. The molecule has 0 bridgehead atoms. The third kappa shape index (κ3) is 3.56. The molecule has 1 rings (SSSR count). The van der Waals surface area contributed by atoms with Gasteiger partial charge in [0.15, 0.2) is 0 Å². The summed E-state index contributed by atoms with van der Waals surface area (Å²) in [4.78, 5) is 21.2. The maximum absolute atomic E-state index is 10.8. The number of ketones is 1. The van der Waals surface area contributed by atoms with Crippen LogP contribution in [-0.4, -0.2) is 16.9 Å². The number of carboxylic acid groups (broad SMARTS) is 1. The van der Waals surface area contributed by atoms with Crippen molar-refractivity contribution < 1.29 is 14.7 Å². The van der Waals surface area contributed by atoms with Gasteiger partial charge in [-0.05, 0) is 26.2 Å². The van der Waals surface area contributed by atoms with E-state index < -0.39 is 5.97 Å². The molecule has 3 nitrogen and oxygen atoms in total. The van der Waals surface area contributed by atoms with E-state index in [4.69, 9.17) is 5.11 Å². The number of carboxylic acids is 1. The van der Waals surface area contributed by atoms with Gasteiger partial charge in [-0.1, -0.05) is 17.2 Å². The molecule has 0 aliphatic heterocycles. The number of aliphatic carboxylic acids is 1. The third-order valence-electron chi connectivity index (χ3n) is 2.22. The summed E-state index contributed by atoms with van der Waals surface area (Å²) in [6.45, 7) is 1.57. The Morgan fingerprint density at radius 1 is 1.50 bits per heavy atom. The summed E-state index contributed by atoms with van der Waals surface area (Å²) in [5.74, 6) is -0.717. The summed E-state index contributed by atoms with van der Waals surface area (Å²) in [5.41, 5.74) is 2.07. The van der Waals surface area contributed by atoms with Gasteiger partial charge in [-0.15, -0.1) is 0 Å². The molecule has 1 aliphatic carbocycles. The molecule has 0 atom stereocenters. The minimum atomic E-state index is -0.886. The summed E-state index contributed by atoms with van der Waals surface area (Å²) in [6.07, 6.45) is 6.01. The van der Waals surface area contributed by atoms with Gasteiger partial charge in [0.1, 0.15) is 5.78 Å². The molecule has 0 radical (unpaired) electrons. The summed E-state index contributed by atoms with van der Waals surface area (Å²) >= 11 is 0. The van der Waals surface area contributed by atoms with E-state index in [-0.39, 0.29) is 5.78 Å². The smallest absolute Gasteiger partial charge is 0.328 e. The molecule has 0 saturated carbocycles.